The zero-order valence-corrected chi connectivity index (χ0v) is 21.1. The summed E-state index contributed by atoms with van der Waals surface area (Å²) in [6, 6.07) is 4.68. The molecule has 9 heteroatoms. The van der Waals surface area contributed by atoms with Gasteiger partial charge < -0.3 is 15.5 Å². The number of hydrogen-bond acceptors (Lipinski definition) is 6. The largest absolute Gasteiger partial charge is 0.350 e. The lowest BCUT2D eigenvalue weighted by atomic mass is 9.85. The van der Waals surface area contributed by atoms with Crippen molar-refractivity contribution in [2.75, 3.05) is 24.5 Å². The number of rotatable bonds is 5. The number of nitrogens with zero attached hydrogens (tertiary/aromatic N) is 4. The van der Waals surface area contributed by atoms with E-state index in [1.165, 1.54) is 17.7 Å². The quantitative estimate of drug-likeness (QED) is 0.662. The Bertz CT molecular complexity index is 1050. The van der Waals surface area contributed by atoms with Gasteiger partial charge in [-0.2, -0.15) is 0 Å². The Kier molecular flexibility index (Phi) is 6.90. The summed E-state index contributed by atoms with van der Waals surface area (Å²) in [4.78, 5) is 26.9. The van der Waals surface area contributed by atoms with E-state index < -0.39 is 17.3 Å². The molecular formula is C24H31ClFN5OS. The fourth-order valence-electron chi connectivity index (χ4n) is 4.76. The molecule has 0 saturated carbocycles. The van der Waals surface area contributed by atoms with Crippen LogP contribution in [0.2, 0.25) is 5.02 Å². The number of halogens is 2. The third-order valence-electron chi connectivity index (χ3n) is 6.41. The number of thioether (sulfide) groups is 1. The van der Waals surface area contributed by atoms with Crippen molar-refractivity contribution in [2.24, 2.45) is 5.73 Å². The Morgan fingerprint density at radius 2 is 2.09 bits per heavy atom. The molecule has 2 N–H and O–H groups in total. The van der Waals surface area contributed by atoms with Crippen LogP contribution in [0.4, 0.5) is 10.2 Å². The summed E-state index contributed by atoms with van der Waals surface area (Å²) in [6.07, 6.45) is 2.06. The first-order valence-corrected chi connectivity index (χ1v) is 12.7. The summed E-state index contributed by atoms with van der Waals surface area (Å²) < 4.78 is 14.2. The summed E-state index contributed by atoms with van der Waals surface area (Å²) >= 11 is 7.75. The van der Waals surface area contributed by atoms with Crippen LogP contribution < -0.4 is 10.6 Å². The van der Waals surface area contributed by atoms with E-state index in [1.54, 1.807) is 12.4 Å². The minimum Gasteiger partial charge on any atom is -0.350 e. The highest BCUT2D eigenvalue weighted by Gasteiger charge is 2.36. The molecule has 1 amide bonds. The number of carbonyl (C=O) groups is 1. The number of anilines is 1. The summed E-state index contributed by atoms with van der Waals surface area (Å²) in [5, 5.41) is 0.406. The van der Waals surface area contributed by atoms with Crippen molar-refractivity contribution in [1.82, 2.24) is 14.9 Å². The van der Waals surface area contributed by atoms with Gasteiger partial charge in [-0.1, -0.05) is 17.7 Å². The summed E-state index contributed by atoms with van der Waals surface area (Å²) in [5.74, 6) is 0.808. The standard InChI is InChI=1S/C24H31ClFN5OS/c1-14-11-30(7-8-31(14)22-21-15(2)33-12-20(21)28-13-29-22)23(32)17(10-24(3,4)27)16-5-6-18(25)19(26)9-16/h5-6,9,13-15,17H,7-8,10-12,27H2,1-4H3. The van der Waals surface area contributed by atoms with E-state index in [0.717, 1.165) is 17.3 Å². The van der Waals surface area contributed by atoms with Gasteiger partial charge >= 0.3 is 0 Å². The van der Waals surface area contributed by atoms with Gasteiger partial charge in [-0.25, -0.2) is 14.4 Å². The van der Waals surface area contributed by atoms with Crippen LogP contribution in [0.5, 0.6) is 0 Å². The fraction of sp³-hybridized carbons (Fsp3) is 0.542. The number of fused-ring (bicyclic) bond motifs is 1. The molecule has 2 aromatic rings. The number of nitrogens with two attached hydrogens (primary N) is 1. The Labute approximate surface area is 204 Å². The molecule has 1 aromatic heterocycles. The molecule has 0 radical (unpaired) electrons. The van der Waals surface area contributed by atoms with Crippen molar-refractivity contribution >= 4 is 35.1 Å². The average Bonchev–Trinajstić information content (AvgIpc) is 3.14. The predicted octanol–water partition coefficient (Wildman–Crippen LogP) is 4.53. The van der Waals surface area contributed by atoms with Crippen LogP contribution in [0.3, 0.4) is 0 Å². The second kappa shape index (κ2) is 9.39. The van der Waals surface area contributed by atoms with Gasteiger partial charge in [0.25, 0.3) is 0 Å². The molecule has 3 atom stereocenters. The predicted molar refractivity (Wildman–Crippen MR) is 132 cm³/mol. The van der Waals surface area contributed by atoms with Gasteiger partial charge in [0.2, 0.25) is 5.91 Å². The maximum absolute atomic E-state index is 14.2. The van der Waals surface area contributed by atoms with E-state index in [2.05, 4.69) is 28.7 Å². The summed E-state index contributed by atoms with van der Waals surface area (Å²) in [5.41, 5.74) is 8.63. The molecule has 0 aliphatic carbocycles. The van der Waals surface area contributed by atoms with Gasteiger partial charge in [0.15, 0.2) is 0 Å². The van der Waals surface area contributed by atoms with Crippen molar-refractivity contribution < 1.29 is 9.18 Å². The maximum Gasteiger partial charge on any atom is 0.230 e. The Morgan fingerprint density at radius 1 is 1.33 bits per heavy atom. The Morgan fingerprint density at radius 3 is 2.76 bits per heavy atom. The van der Waals surface area contributed by atoms with E-state index in [-0.39, 0.29) is 17.0 Å². The molecule has 1 fully saturated rings. The van der Waals surface area contributed by atoms with Gasteiger partial charge in [0.05, 0.1) is 16.6 Å². The zero-order valence-electron chi connectivity index (χ0n) is 19.5. The molecule has 1 saturated heterocycles. The molecule has 6 nitrogen and oxygen atoms in total. The number of amides is 1. The van der Waals surface area contributed by atoms with Crippen molar-refractivity contribution in [1.29, 1.82) is 0 Å². The third kappa shape index (κ3) is 5.12. The molecule has 178 valence electrons. The Hall–Kier alpha value is -1.90. The summed E-state index contributed by atoms with van der Waals surface area (Å²) in [7, 11) is 0. The second-order valence-electron chi connectivity index (χ2n) is 9.76. The molecule has 3 unspecified atom stereocenters. The van der Waals surface area contributed by atoms with E-state index in [9.17, 15) is 9.18 Å². The Balaban J connectivity index is 1.55. The topological polar surface area (TPSA) is 75.4 Å². The van der Waals surface area contributed by atoms with Crippen LogP contribution in [-0.2, 0) is 10.5 Å². The lowest BCUT2D eigenvalue weighted by Gasteiger charge is -2.42. The van der Waals surface area contributed by atoms with E-state index in [0.29, 0.717) is 36.9 Å². The van der Waals surface area contributed by atoms with Crippen LogP contribution in [0, 0.1) is 5.82 Å². The first-order chi connectivity index (χ1) is 15.5. The van der Waals surface area contributed by atoms with Gasteiger partial charge in [0, 0.05) is 47.8 Å². The van der Waals surface area contributed by atoms with E-state index in [1.807, 2.05) is 30.5 Å². The molecule has 1 aromatic carbocycles. The molecule has 33 heavy (non-hydrogen) atoms. The number of benzene rings is 1. The van der Waals surface area contributed by atoms with Gasteiger partial charge in [-0.05, 0) is 51.8 Å². The lowest BCUT2D eigenvalue weighted by molar-refractivity contribution is -0.134. The molecular weight excluding hydrogens is 461 g/mol. The number of piperazine rings is 1. The SMILES string of the molecule is CC1SCc2ncnc(N3CCN(C(=O)C(CC(C)(C)N)c4ccc(Cl)c(F)c4)CC3C)c21. The zero-order chi connectivity index (χ0) is 23.9. The van der Waals surface area contributed by atoms with Crippen LogP contribution in [0.25, 0.3) is 0 Å². The van der Waals surface area contributed by atoms with E-state index in [4.69, 9.17) is 17.3 Å². The van der Waals surface area contributed by atoms with Crippen molar-refractivity contribution in [2.45, 2.75) is 62.6 Å². The second-order valence-corrected chi connectivity index (χ2v) is 11.5. The van der Waals surface area contributed by atoms with Crippen LogP contribution in [-0.4, -0.2) is 52.0 Å². The first kappa shape index (κ1) is 24.2. The molecule has 3 heterocycles. The summed E-state index contributed by atoms with van der Waals surface area (Å²) in [6.45, 7) is 9.89. The van der Waals surface area contributed by atoms with Crippen molar-refractivity contribution in [3.63, 3.8) is 0 Å². The van der Waals surface area contributed by atoms with Gasteiger partial charge in [-0.15, -0.1) is 11.8 Å². The van der Waals surface area contributed by atoms with Crippen LogP contribution >= 0.6 is 23.4 Å². The fourth-order valence-corrected chi connectivity index (χ4v) is 5.93. The van der Waals surface area contributed by atoms with Crippen molar-refractivity contribution in [3.05, 3.63) is 52.2 Å². The third-order valence-corrected chi connectivity index (χ3v) is 7.89. The first-order valence-electron chi connectivity index (χ1n) is 11.3. The van der Waals surface area contributed by atoms with Crippen LogP contribution in [0.15, 0.2) is 24.5 Å². The number of carbonyl (C=O) groups excluding carboxylic acids is 1. The molecule has 4 rings (SSSR count). The highest BCUT2D eigenvalue weighted by atomic mass is 35.5. The normalized spacial score (nSPS) is 21.8. The monoisotopic (exact) mass is 491 g/mol. The smallest absolute Gasteiger partial charge is 0.230 e. The minimum absolute atomic E-state index is 0.0291. The van der Waals surface area contributed by atoms with Gasteiger partial charge in [0.1, 0.15) is 18.0 Å². The molecule has 2 aliphatic rings. The molecule has 0 spiro atoms. The van der Waals surface area contributed by atoms with Crippen molar-refractivity contribution in [3.8, 4) is 0 Å². The highest BCUT2D eigenvalue weighted by Crippen LogP contribution is 2.44. The number of hydrogen-bond donors (Lipinski definition) is 1. The van der Waals surface area contributed by atoms with Gasteiger partial charge in [-0.3, -0.25) is 4.79 Å². The maximum atomic E-state index is 14.2. The molecule has 2 aliphatic heterocycles. The average molecular weight is 492 g/mol. The minimum atomic E-state index is -0.584. The van der Waals surface area contributed by atoms with E-state index >= 15 is 0 Å². The number of aromatic nitrogens is 2. The lowest BCUT2D eigenvalue weighted by Crippen LogP contribution is -2.55. The van der Waals surface area contributed by atoms with Crippen LogP contribution in [0.1, 0.15) is 62.1 Å². The highest BCUT2D eigenvalue weighted by molar-refractivity contribution is 7.99. The molecule has 0 bridgehead atoms.